The molecule has 7 nitrogen and oxygen atoms in total. The largest absolute Gasteiger partial charge is 0.481 e. The monoisotopic (exact) mass is 329 g/mol. The average molecular weight is 329 g/mol. The Kier molecular flexibility index (Phi) is 5.67. The molecular formula is C14H19NO6S. The number of carbonyl (C=O) groups excluding carboxylic acids is 1. The lowest BCUT2D eigenvalue weighted by Gasteiger charge is -2.20. The summed E-state index contributed by atoms with van der Waals surface area (Å²) in [6.07, 6.45) is 0. The molecule has 22 heavy (non-hydrogen) atoms. The fraction of sp³-hybridized carbons (Fsp3) is 0.429. The van der Waals surface area contributed by atoms with Crippen molar-refractivity contribution < 1.29 is 27.9 Å². The third kappa shape index (κ3) is 3.83. The Bertz CT molecular complexity index is 683. The number of rotatable bonds is 6. The molecular weight excluding hydrogens is 310 g/mol. The van der Waals surface area contributed by atoms with Gasteiger partial charge in [-0.05, 0) is 24.6 Å². The first-order valence-electron chi connectivity index (χ1n) is 6.49. The van der Waals surface area contributed by atoms with Gasteiger partial charge in [-0.15, -0.1) is 0 Å². The third-order valence-electron chi connectivity index (χ3n) is 3.25. The third-order valence-corrected chi connectivity index (χ3v) is 5.22. The standard InChI is InChI=1S/C14H19NO6S/c1-9-5-6-11(14(18)21-4)7-12(9)22(19,20)15(3)8-10(2)13(16)17/h5-7,10H,8H2,1-4H3,(H,16,17). The van der Waals surface area contributed by atoms with Crippen molar-refractivity contribution in [2.45, 2.75) is 18.7 Å². The van der Waals surface area contributed by atoms with E-state index >= 15 is 0 Å². The molecule has 0 spiro atoms. The molecule has 0 saturated heterocycles. The molecule has 1 aromatic rings. The van der Waals surface area contributed by atoms with E-state index in [1.165, 1.54) is 39.3 Å². The number of carboxylic acid groups (broad SMARTS) is 1. The van der Waals surface area contributed by atoms with E-state index in [1.807, 2.05) is 0 Å². The first-order valence-corrected chi connectivity index (χ1v) is 7.93. The van der Waals surface area contributed by atoms with E-state index in [9.17, 15) is 18.0 Å². The van der Waals surface area contributed by atoms with Gasteiger partial charge >= 0.3 is 11.9 Å². The number of hydrogen-bond donors (Lipinski definition) is 1. The lowest BCUT2D eigenvalue weighted by Crippen LogP contribution is -2.34. The van der Waals surface area contributed by atoms with Gasteiger partial charge in [0.25, 0.3) is 0 Å². The van der Waals surface area contributed by atoms with Crippen LogP contribution >= 0.6 is 0 Å². The van der Waals surface area contributed by atoms with Gasteiger partial charge < -0.3 is 9.84 Å². The van der Waals surface area contributed by atoms with Crippen LogP contribution < -0.4 is 0 Å². The summed E-state index contributed by atoms with van der Waals surface area (Å²) in [5.74, 6) is -2.57. The highest BCUT2D eigenvalue weighted by atomic mass is 32.2. The van der Waals surface area contributed by atoms with E-state index in [1.54, 1.807) is 6.92 Å². The molecule has 1 rings (SSSR count). The lowest BCUT2D eigenvalue weighted by molar-refractivity contribution is -0.141. The van der Waals surface area contributed by atoms with Gasteiger partial charge in [-0.1, -0.05) is 13.0 Å². The van der Waals surface area contributed by atoms with Gasteiger partial charge in [0.05, 0.1) is 23.5 Å². The topological polar surface area (TPSA) is 101 Å². The summed E-state index contributed by atoms with van der Waals surface area (Å²) in [6.45, 7) is 2.86. The highest BCUT2D eigenvalue weighted by Crippen LogP contribution is 2.21. The summed E-state index contributed by atoms with van der Waals surface area (Å²) in [4.78, 5) is 22.4. The molecule has 0 aromatic heterocycles. The van der Waals surface area contributed by atoms with Crippen LogP contribution in [0.2, 0.25) is 0 Å². The molecule has 0 bridgehead atoms. The Balaban J connectivity index is 3.22. The fourth-order valence-electron chi connectivity index (χ4n) is 1.85. The molecule has 1 N–H and O–H groups in total. The summed E-state index contributed by atoms with van der Waals surface area (Å²) in [7, 11) is -1.39. The molecule has 8 heteroatoms. The van der Waals surface area contributed by atoms with Gasteiger partial charge in [0.2, 0.25) is 10.0 Å². The average Bonchev–Trinajstić information content (AvgIpc) is 2.46. The molecule has 0 aliphatic heterocycles. The number of methoxy groups -OCH3 is 1. The highest BCUT2D eigenvalue weighted by Gasteiger charge is 2.27. The Morgan fingerprint density at radius 2 is 1.95 bits per heavy atom. The number of carboxylic acids is 1. The molecule has 122 valence electrons. The first-order chi connectivity index (χ1) is 10.1. The zero-order valence-electron chi connectivity index (χ0n) is 12.9. The van der Waals surface area contributed by atoms with Crippen molar-refractivity contribution in [3.63, 3.8) is 0 Å². The smallest absolute Gasteiger partial charge is 0.337 e. The van der Waals surface area contributed by atoms with Crippen LogP contribution in [-0.2, 0) is 19.6 Å². The molecule has 0 fully saturated rings. The van der Waals surface area contributed by atoms with Crippen molar-refractivity contribution in [1.82, 2.24) is 4.31 Å². The second-order valence-electron chi connectivity index (χ2n) is 5.00. The van der Waals surface area contributed by atoms with Gasteiger partial charge in [0.1, 0.15) is 0 Å². The van der Waals surface area contributed by atoms with Crippen LogP contribution in [0.5, 0.6) is 0 Å². The zero-order valence-corrected chi connectivity index (χ0v) is 13.7. The summed E-state index contributed by atoms with van der Waals surface area (Å²) in [5.41, 5.74) is 0.578. The summed E-state index contributed by atoms with van der Waals surface area (Å²) in [6, 6.07) is 4.21. The number of hydrogen-bond acceptors (Lipinski definition) is 5. The second-order valence-corrected chi connectivity index (χ2v) is 7.01. The van der Waals surface area contributed by atoms with Gasteiger partial charge in [0, 0.05) is 13.6 Å². The molecule has 0 heterocycles. The van der Waals surface area contributed by atoms with Crippen molar-refractivity contribution in [2.24, 2.45) is 5.92 Å². The predicted molar refractivity (Wildman–Crippen MR) is 79.1 cm³/mol. The van der Waals surface area contributed by atoms with Crippen LogP contribution in [0.1, 0.15) is 22.8 Å². The van der Waals surface area contributed by atoms with E-state index < -0.39 is 27.9 Å². The summed E-state index contributed by atoms with van der Waals surface area (Å²) < 4.78 is 30.7. The van der Waals surface area contributed by atoms with Crippen LogP contribution in [0, 0.1) is 12.8 Å². The zero-order chi connectivity index (χ0) is 17.1. The maximum Gasteiger partial charge on any atom is 0.337 e. The number of aryl methyl sites for hydroxylation is 1. The van der Waals surface area contributed by atoms with E-state index in [0.29, 0.717) is 5.56 Å². The second kappa shape index (κ2) is 6.89. The van der Waals surface area contributed by atoms with Crippen molar-refractivity contribution in [2.75, 3.05) is 20.7 Å². The van der Waals surface area contributed by atoms with Crippen LogP contribution in [-0.4, -0.2) is 50.5 Å². The number of esters is 1. The molecule has 1 aromatic carbocycles. The number of benzene rings is 1. The number of aliphatic carboxylic acids is 1. The molecule has 1 atom stereocenters. The molecule has 1 unspecified atom stereocenters. The Labute approximate surface area is 129 Å². The molecule has 0 aliphatic carbocycles. The predicted octanol–water partition coefficient (Wildman–Crippen LogP) is 1.12. The maximum atomic E-state index is 12.6. The van der Waals surface area contributed by atoms with Gasteiger partial charge in [-0.25, -0.2) is 17.5 Å². The number of nitrogens with zero attached hydrogens (tertiary/aromatic N) is 1. The van der Waals surface area contributed by atoms with Gasteiger partial charge in [-0.3, -0.25) is 4.79 Å². The van der Waals surface area contributed by atoms with E-state index in [2.05, 4.69) is 4.74 Å². The summed E-state index contributed by atoms with van der Waals surface area (Å²) >= 11 is 0. The molecule has 0 aliphatic rings. The normalized spacial score (nSPS) is 13.0. The number of carbonyl (C=O) groups is 2. The van der Waals surface area contributed by atoms with Gasteiger partial charge in [-0.2, -0.15) is 0 Å². The van der Waals surface area contributed by atoms with Crippen molar-refractivity contribution >= 4 is 22.0 Å². The molecule has 0 saturated carbocycles. The lowest BCUT2D eigenvalue weighted by atomic mass is 10.1. The van der Waals surface area contributed by atoms with Crippen molar-refractivity contribution in [3.05, 3.63) is 29.3 Å². The van der Waals surface area contributed by atoms with Crippen molar-refractivity contribution in [3.8, 4) is 0 Å². The Morgan fingerprint density at radius 3 is 2.45 bits per heavy atom. The van der Waals surface area contributed by atoms with Crippen LogP contribution in [0.25, 0.3) is 0 Å². The minimum atomic E-state index is -3.90. The quantitative estimate of drug-likeness (QED) is 0.785. The SMILES string of the molecule is COC(=O)c1ccc(C)c(S(=O)(=O)N(C)CC(C)C(=O)O)c1. The van der Waals surface area contributed by atoms with Gasteiger partial charge in [0.15, 0.2) is 0 Å². The minimum Gasteiger partial charge on any atom is -0.481 e. The molecule has 0 radical (unpaired) electrons. The number of sulfonamides is 1. The minimum absolute atomic E-state index is 0.0458. The van der Waals surface area contributed by atoms with Crippen LogP contribution in [0.15, 0.2) is 23.1 Å². The summed E-state index contributed by atoms with van der Waals surface area (Å²) in [5, 5.41) is 8.89. The van der Waals surface area contributed by atoms with Crippen LogP contribution in [0.4, 0.5) is 0 Å². The maximum absolute atomic E-state index is 12.6. The first kappa shape index (κ1) is 18.1. The van der Waals surface area contributed by atoms with E-state index in [0.717, 1.165) is 4.31 Å². The van der Waals surface area contributed by atoms with E-state index in [-0.39, 0.29) is 17.0 Å². The van der Waals surface area contributed by atoms with Crippen molar-refractivity contribution in [1.29, 1.82) is 0 Å². The fourth-order valence-corrected chi connectivity index (χ4v) is 3.36. The molecule has 0 amide bonds. The van der Waals surface area contributed by atoms with Crippen LogP contribution in [0.3, 0.4) is 0 Å². The number of ether oxygens (including phenoxy) is 1. The Morgan fingerprint density at radius 1 is 1.36 bits per heavy atom. The highest BCUT2D eigenvalue weighted by molar-refractivity contribution is 7.89. The van der Waals surface area contributed by atoms with E-state index in [4.69, 9.17) is 5.11 Å². The Hall–Kier alpha value is -1.93.